The molecule has 0 atom stereocenters. The van der Waals surface area contributed by atoms with E-state index < -0.39 is 0 Å². The molecule has 92 valence electrons. The molecule has 0 saturated carbocycles. The van der Waals surface area contributed by atoms with Gasteiger partial charge in [-0.1, -0.05) is 13.8 Å². The van der Waals surface area contributed by atoms with Crippen molar-refractivity contribution >= 4 is 28.7 Å². The summed E-state index contributed by atoms with van der Waals surface area (Å²) in [5, 5.41) is 11.8. The molecule has 0 radical (unpaired) electrons. The van der Waals surface area contributed by atoms with Crippen LogP contribution in [0.25, 0.3) is 11.0 Å². The number of rotatable bonds is 5. The minimum Gasteiger partial charge on any atom is -0.357 e. The Morgan fingerprint density at radius 2 is 2.24 bits per heavy atom. The first-order valence-corrected chi connectivity index (χ1v) is 6.71. The molecular weight excluding hydrogens is 234 g/mol. The average Bonchev–Trinajstić information content (AvgIpc) is 2.76. The summed E-state index contributed by atoms with van der Waals surface area (Å²) in [6.07, 6.45) is 2.97. The number of aromatic amines is 1. The number of nitrogens with zero attached hydrogens (tertiary/aromatic N) is 3. The first-order valence-electron chi connectivity index (χ1n) is 5.72. The fourth-order valence-electron chi connectivity index (χ4n) is 1.42. The van der Waals surface area contributed by atoms with Crippen LogP contribution in [0, 0.1) is 5.92 Å². The third-order valence-corrected chi connectivity index (χ3v) is 3.46. The van der Waals surface area contributed by atoms with Gasteiger partial charge in [-0.25, -0.2) is 4.98 Å². The highest BCUT2D eigenvalue weighted by atomic mass is 32.2. The maximum absolute atomic E-state index is 4.47. The molecule has 0 aliphatic rings. The Bertz CT molecular complexity index is 494. The molecular formula is C11H17N5S. The van der Waals surface area contributed by atoms with Crippen LogP contribution in [-0.4, -0.2) is 33.0 Å². The van der Waals surface area contributed by atoms with E-state index in [1.54, 1.807) is 18.0 Å². The zero-order chi connectivity index (χ0) is 12.3. The average molecular weight is 251 g/mol. The molecule has 0 fully saturated rings. The van der Waals surface area contributed by atoms with Crippen LogP contribution in [0.3, 0.4) is 0 Å². The van der Waals surface area contributed by atoms with Crippen molar-refractivity contribution in [3.63, 3.8) is 0 Å². The van der Waals surface area contributed by atoms with Gasteiger partial charge < -0.3 is 5.32 Å². The van der Waals surface area contributed by atoms with Gasteiger partial charge in [-0.2, -0.15) is 10.1 Å². The second-order valence-electron chi connectivity index (χ2n) is 4.27. The smallest absolute Gasteiger partial charge is 0.225 e. The van der Waals surface area contributed by atoms with Crippen molar-refractivity contribution in [2.75, 3.05) is 18.1 Å². The summed E-state index contributed by atoms with van der Waals surface area (Å²) in [5.74, 6) is 2.42. The van der Waals surface area contributed by atoms with Crippen LogP contribution in [0.1, 0.15) is 20.3 Å². The third-order valence-electron chi connectivity index (χ3n) is 2.43. The Hall–Kier alpha value is -1.30. The van der Waals surface area contributed by atoms with Crippen LogP contribution in [-0.2, 0) is 0 Å². The first-order chi connectivity index (χ1) is 8.20. The van der Waals surface area contributed by atoms with Crippen molar-refractivity contribution in [3.8, 4) is 0 Å². The largest absolute Gasteiger partial charge is 0.357 e. The van der Waals surface area contributed by atoms with Crippen molar-refractivity contribution in [1.82, 2.24) is 20.2 Å². The van der Waals surface area contributed by atoms with E-state index in [0.717, 1.165) is 21.8 Å². The van der Waals surface area contributed by atoms with E-state index in [1.165, 1.54) is 6.42 Å². The van der Waals surface area contributed by atoms with Crippen molar-refractivity contribution in [2.24, 2.45) is 5.92 Å². The van der Waals surface area contributed by atoms with Crippen LogP contribution >= 0.6 is 11.8 Å². The van der Waals surface area contributed by atoms with Gasteiger partial charge in [0, 0.05) is 7.05 Å². The van der Waals surface area contributed by atoms with E-state index in [0.29, 0.717) is 11.9 Å². The highest BCUT2D eigenvalue weighted by Crippen LogP contribution is 2.26. The summed E-state index contributed by atoms with van der Waals surface area (Å²) < 4.78 is 0. The van der Waals surface area contributed by atoms with Gasteiger partial charge in [0.2, 0.25) is 5.95 Å². The van der Waals surface area contributed by atoms with Gasteiger partial charge in [-0.05, 0) is 18.1 Å². The van der Waals surface area contributed by atoms with E-state index in [2.05, 4.69) is 39.3 Å². The first kappa shape index (κ1) is 12.2. The fraction of sp³-hybridized carbons (Fsp3) is 0.545. The van der Waals surface area contributed by atoms with Crippen LogP contribution < -0.4 is 5.32 Å². The minimum atomic E-state index is 0.633. The number of fused-ring (bicyclic) bond motifs is 1. The molecule has 0 amide bonds. The molecule has 0 aliphatic carbocycles. The summed E-state index contributed by atoms with van der Waals surface area (Å²) in [4.78, 5) is 8.77. The van der Waals surface area contributed by atoms with Gasteiger partial charge in [-0.3, -0.25) is 5.10 Å². The maximum atomic E-state index is 4.47. The second kappa shape index (κ2) is 5.35. The van der Waals surface area contributed by atoms with E-state index in [4.69, 9.17) is 0 Å². The summed E-state index contributed by atoms with van der Waals surface area (Å²) in [5.41, 5.74) is 0.788. The quantitative estimate of drug-likeness (QED) is 0.631. The Kier molecular flexibility index (Phi) is 3.83. The Labute approximate surface area is 105 Å². The van der Waals surface area contributed by atoms with Gasteiger partial charge in [0.1, 0.15) is 5.03 Å². The number of hydrogen-bond donors (Lipinski definition) is 2. The van der Waals surface area contributed by atoms with E-state index in [-0.39, 0.29) is 0 Å². The zero-order valence-electron chi connectivity index (χ0n) is 10.3. The molecule has 17 heavy (non-hydrogen) atoms. The Morgan fingerprint density at radius 1 is 1.41 bits per heavy atom. The number of anilines is 1. The van der Waals surface area contributed by atoms with Crippen LogP contribution in [0.15, 0.2) is 11.2 Å². The number of nitrogens with one attached hydrogen (secondary N) is 2. The molecule has 2 aromatic heterocycles. The summed E-state index contributed by atoms with van der Waals surface area (Å²) in [6.45, 7) is 4.46. The number of hydrogen-bond acceptors (Lipinski definition) is 5. The van der Waals surface area contributed by atoms with Gasteiger partial charge in [0.05, 0.1) is 11.6 Å². The number of thioether (sulfide) groups is 1. The summed E-state index contributed by atoms with van der Waals surface area (Å²) in [6, 6.07) is 0. The van der Waals surface area contributed by atoms with Gasteiger partial charge >= 0.3 is 0 Å². The molecule has 0 aliphatic heterocycles. The predicted octanol–water partition coefficient (Wildman–Crippen LogP) is 2.53. The van der Waals surface area contributed by atoms with Crippen molar-refractivity contribution in [1.29, 1.82) is 0 Å². The van der Waals surface area contributed by atoms with Crippen LogP contribution in [0.5, 0.6) is 0 Å². The van der Waals surface area contributed by atoms with E-state index in [9.17, 15) is 0 Å². The van der Waals surface area contributed by atoms with Crippen molar-refractivity contribution in [3.05, 3.63) is 6.20 Å². The highest BCUT2D eigenvalue weighted by Gasteiger charge is 2.09. The van der Waals surface area contributed by atoms with Crippen LogP contribution in [0.4, 0.5) is 5.95 Å². The lowest BCUT2D eigenvalue weighted by molar-refractivity contribution is 0.632. The predicted molar refractivity (Wildman–Crippen MR) is 71.4 cm³/mol. The van der Waals surface area contributed by atoms with Gasteiger partial charge in [0.15, 0.2) is 5.65 Å². The molecule has 2 rings (SSSR count). The lowest BCUT2D eigenvalue weighted by Gasteiger charge is -2.06. The fourth-order valence-corrected chi connectivity index (χ4v) is 2.66. The summed E-state index contributed by atoms with van der Waals surface area (Å²) in [7, 11) is 1.82. The Balaban J connectivity index is 2.21. The monoisotopic (exact) mass is 251 g/mol. The highest BCUT2D eigenvalue weighted by molar-refractivity contribution is 7.99. The molecule has 2 N–H and O–H groups in total. The molecule has 0 unspecified atom stereocenters. The molecule has 6 heteroatoms. The van der Waals surface area contributed by atoms with E-state index in [1.807, 2.05) is 7.05 Å². The SMILES string of the molecule is CNc1nc(SCCC(C)C)c2cn[nH]c2n1. The third kappa shape index (κ3) is 2.88. The molecule has 0 spiro atoms. The molecule has 2 heterocycles. The number of H-pyrrole nitrogens is 1. The lowest BCUT2D eigenvalue weighted by Crippen LogP contribution is -1.98. The molecule has 5 nitrogen and oxygen atoms in total. The molecule has 2 aromatic rings. The second-order valence-corrected chi connectivity index (χ2v) is 5.35. The molecule has 0 aromatic carbocycles. The number of aromatic nitrogens is 4. The van der Waals surface area contributed by atoms with Crippen molar-refractivity contribution in [2.45, 2.75) is 25.3 Å². The van der Waals surface area contributed by atoms with Gasteiger partial charge in [0.25, 0.3) is 0 Å². The van der Waals surface area contributed by atoms with Crippen molar-refractivity contribution < 1.29 is 0 Å². The topological polar surface area (TPSA) is 66.5 Å². The molecule has 0 saturated heterocycles. The molecule has 0 bridgehead atoms. The van der Waals surface area contributed by atoms with Crippen LogP contribution in [0.2, 0.25) is 0 Å². The standard InChI is InChI=1S/C11H17N5S/c1-7(2)4-5-17-10-8-6-13-16-9(8)14-11(12-3)15-10/h6-7H,4-5H2,1-3H3,(H2,12,13,14,15,16). The summed E-state index contributed by atoms with van der Waals surface area (Å²) >= 11 is 1.76. The van der Waals surface area contributed by atoms with E-state index >= 15 is 0 Å². The maximum Gasteiger partial charge on any atom is 0.225 e. The Morgan fingerprint density at radius 3 is 2.94 bits per heavy atom. The van der Waals surface area contributed by atoms with Gasteiger partial charge in [-0.15, -0.1) is 11.8 Å². The minimum absolute atomic E-state index is 0.633. The zero-order valence-corrected chi connectivity index (χ0v) is 11.1. The lowest BCUT2D eigenvalue weighted by atomic mass is 10.2. The normalized spacial score (nSPS) is 11.3.